The van der Waals surface area contributed by atoms with Gasteiger partial charge in [0.2, 0.25) is 0 Å². The summed E-state index contributed by atoms with van der Waals surface area (Å²) in [6.07, 6.45) is 1.64. The quantitative estimate of drug-likeness (QED) is 0.733. The van der Waals surface area contributed by atoms with Crippen molar-refractivity contribution in [1.29, 1.82) is 0 Å². The number of ketones is 1. The van der Waals surface area contributed by atoms with Crippen LogP contribution in [0.15, 0.2) is 29.2 Å². The molecular formula is C13H18O3S. The lowest BCUT2D eigenvalue weighted by molar-refractivity contribution is -0.117. The second kappa shape index (κ2) is 5.96. The number of rotatable bonds is 6. The largest absolute Gasteiger partial charge is 0.300 e. The lowest BCUT2D eigenvalue weighted by atomic mass is 10.2. The van der Waals surface area contributed by atoms with Gasteiger partial charge in [0.15, 0.2) is 9.84 Å². The summed E-state index contributed by atoms with van der Waals surface area (Å²) in [5.41, 5.74) is 0.777. The van der Waals surface area contributed by atoms with Gasteiger partial charge in [-0.1, -0.05) is 18.2 Å². The van der Waals surface area contributed by atoms with Crippen LogP contribution < -0.4 is 0 Å². The Morgan fingerprint density at radius 3 is 2.41 bits per heavy atom. The molecule has 0 aliphatic heterocycles. The summed E-state index contributed by atoms with van der Waals surface area (Å²) >= 11 is 0. The molecule has 3 nitrogen and oxygen atoms in total. The minimum atomic E-state index is -3.20. The summed E-state index contributed by atoms with van der Waals surface area (Å²) in [5.74, 6) is 0.226. The summed E-state index contributed by atoms with van der Waals surface area (Å²) < 4.78 is 24.0. The topological polar surface area (TPSA) is 51.2 Å². The van der Waals surface area contributed by atoms with E-state index in [4.69, 9.17) is 0 Å². The van der Waals surface area contributed by atoms with Crippen molar-refractivity contribution < 1.29 is 13.2 Å². The number of Topliss-reactive ketones (excluding diaryl/α,β-unsaturated/α-hetero) is 1. The zero-order chi connectivity index (χ0) is 12.9. The van der Waals surface area contributed by atoms with Gasteiger partial charge in [0.25, 0.3) is 0 Å². The Morgan fingerprint density at radius 1 is 1.18 bits per heavy atom. The second-order valence-electron chi connectivity index (χ2n) is 4.24. The van der Waals surface area contributed by atoms with Gasteiger partial charge in [-0.3, -0.25) is 0 Å². The SMILES string of the molecule is CC(=O)CCCCS(=O)(=O)c1ccccc1C. The Bertz CT molecular complexity index is 489. The molecular weight excluding hydrogens is 236 g/mol. The van der Waals surface area contributed by atoms with E-state index in [0.717, 1.165) is 5.56 Å². The Kier molecular flexibility index (Phi) is 4.87. The van der Waals surface area contributed by atoms with Gasteiger partial charge >= 0.3 is 0 Å². The van der Waals surface area contributed by atoms with Crippen molar-refractivity contribution in [3.63, 3.8) is 0 Å². The van der Waals surface area contributed by atoms with Crippen LogP contribution in [0.1, 0.15) is 31.7 Å². The van der Waals surface area contributed by atoms with Gasteiger partial charge in [0, 0.05) is 6.42 Å². The Labute approximate surface area is 103 Å². The molecule has 0 aliphatic rings. The molecule has 0 radical (unpaired) electrons. The van der Waals surface area contributed by atoms with Crippen LogP contribution in [0, 0.1) is 6.92 Å². The third-order valence-electron chi connectivity index (χ3n) is 2.62. The minimum Gasteiger partial charge on any atom is -0.300 e. The highest BCUT2D eigenvalue weighted by atomic mass is 32.2. The van der Waals surface area contributed by atoms with Crippen molar-refractivity contribution in [2.75, 3.05) is 5.75 Å². The fraction of sp³-hybridized carbons (Fsp3) is 0.462. The zero-order valence-corrected chi connectivity index (χ0v) is 11.1. The van der Waals surface area contributed by atoms with Gasteiger partial charge in [-0.15, -0.1) is 0 Å². The van der Waals surface area contributed by atoms with E-state index in [1.807, 2.05) is 6.07 Å². The van der Waals surface area contributed by atoms with Crippen LogP contribution in [0.5, 0.6) is 0 Å². The molecule has 0 aromatic heterocycles. The van der Waals surface area contributed by atoms with Crippen LogP contribution in [0.2, 0.25) is 0 Å². The van der Waals surface area contributed by atoms with E-state index < -0.39 is 9.84 Å². The molecule has 0 heterocycles. The third-order valence-corrected chi connectivity index (χ3v) is 4.57. The molecule has 17 heavy (non-hydrogen) atoms. The van der Waals surface area contributed by atoms with Crippen molar-refractivity contribution >= 4 is 15.6 Å². The number of aryl methyl sites for hydroxylation is 1. The Morgan fingerprint density at radius 2 is 1.82 bits per heavy atom. The predicted octanol–water partition coefficient (Wildman–Crippen LogP) is 2.53. The van der Waals surface area contributed by atoms with E-state index >= 15 is 0 Å². The molecule has 0 amide bonds. The van der Waals surface area contributed by atoms with Gasteiger partial charge < -0.3 is 4.79 Å². The lowest BCUT2D eigenvalue weighted by Crippen LogP contribution is -2.08. The van der Waals surface area contributed by atoms with E-state index in [0.29, 0.717) is 24.2 Å². The monoisotopic (exact) mass is 254 g/mol. The van der Waals surface area contributed by atoms with Crippen LogP contribution in [0.4, 0.5) is 0 Å². The third kappa shape index (κ3) is 4.30. The number of hydrogen-bond acceptors (Lipinski definition) is 3. The first-order valence-corrected chi connectivity index (χ1v) is 7.36. The van der Waals surface area contributed by atoms with Crippen LogP contribution in [-0.4, -0.2) is 20.0 Å². The van der Waals surface area contributed by atoms with Gasteiger partial charge in [-0.2, -0.15) is 0 Å². The summed E-state index contributed by atoms with van der Waals surface area (Å²) in [5, 5.41) is 0. The molecule has 0 fully saturated rings. The summed E-state index contributed by atoms with van der Waals surface area (Å²) in [6.45, 7) is 3.32. The summed E-state index contributed by atoms with van der Waals surface area (Å²) in [6, 6.07) is 6.98. The van der Waals surface area contributed by atoms with Gasteiger partial charge in [-0.25, -0.2) is 8.42 Å². The maximum Gasteiger partial charge on any atom is 0.178 e. The standard InChI is InChI=1S/C13H18O3S/c1-11-7-3-4-9-13(11)17(15,16)10-6-5-8-12(2)14/h3-4,7,9H,5-6,8,10H2,1-2H3. The average molecular weight is 254 g/mol. The van der Waals surface area contributed by atoms with Gasteiger partial charge in [-0.05, 0) is 38.3 Å². The first kappa shape index (κ1) is 13.9. The van der Waals surface area contributed by atoms with Gasteiger partial charge in [0.05, 0.1) is 10.6 Å². The molecule has 4 heteroatoms. The predicted molar refractivity (Wildman–Crippen MR) is 67.8 cm³/mol. The molecule has 0 spiro atoms. The van der Waals surface area contributed by atoms with Crippen LogP contribution in [-0.2, 0) is 14.6 Å². The fourth-order valence-electron chi connectivity index (χ4n) is 1.68. The number of carbonyl (C=O) groups is 1. The number of unbranched alkanes of at least 4 members (excludes halogenated alkanes) is 1. The van der Waals surface area contributed by atoms with Crippen molar-refractivity contribution in [3.05, 3.63) is 29.8 Å². The molecule has 1 aromatic carbocycles. The zero-order valence-electron chi connectivity index (χ0n) is 10.3. The highest BCUT2D eigenvalue weighted by molar-refractivity contribution is 7.91. The van der Waals surface area contributed by atoms with Crippen molar-refractivity contribution in [2.24, 2.45) is 0 Å². The van der Waals surface area contributed by atoms with E-state index in [9.17, 15) is 13.2 Å². The molecule has 0 saturated carbocycles. The van der Waals surface area contributed by atoms with E-state index in [2.05, 4.69) is 0 Å². The van der Waals surface area contributed by atoms with Gasteiger partial charge in [0.1, 0.15) is 5.78 Å². The number of hydrogen-bond donors (Lipinski definition) is 0. The lowest BCUT2D eigenvalue weighted by Gasteiger charge is -2.06. The first-order chi connectivity index (χ1) is 7.93. The normalized spacial score (nSPS) is 11.4. The molecule has 0 N–H and O–H groups in total. The number of carbonyl (C=O) groups excluding carboxylic acids is 1. The highest BCUT2D eigenvalue weighted by Gasteiger charge is 2.15. The molecule has 0 aliphatic carbocycles. The maximum atomic E-state index is 12.0. The smallest absolute Gasteiger partial charge is 0.178 e. The Balaban J connectivity index is 2.64. The summed E-state index contributed by atoms with van der Waals surface area (Å²) in [7, 11) is -3.20. The first-order valence-electron chi connectivity index (χ1n) is 5.71. The van der Waals surface area contributed by atoms with E-state index in [-0.39, 0.29) is 11.5 Å². The number of sulfone groups is 1. The number of benzene rings is 1. The Hall–Kier alpha value is -1.16. The fourth-order valence-corrected chi connectivity index (χ4v) is 3.33. The van der Waals surface area contributed by atoms with Crippen LogP contribution in [0.3, 0.4) is 0 Å². The molecule has 0 saturated heterocycles. The molecule has 0 atom stereocenters. The van der Waals surface area contributed by atoms with Crippen LogP contribution >= 0.6 is 0 Å². The van der Waals surface area contributed by atoms with Crippen molar-refractivity contribution in [3.8, 4) is 0 Å². The maximum absolute atomic E-state index is 12.0. The van der Waals surface area contributed by atoms with E-state index in [1.165, 1.54) is 6.92 Å². The van der Waals surface area contributed by atoms with Crippen LogP contribution in [0.25, 0.3) is 0 Å². The molecule has 94 valence electrons. The van der Waals surface area contributed by atoms with Crippen molar-refractivity contribution in [2.45, 2.75) is 38.0 Å². The van der Waals surface area contributed by atoms with E-state index in [1.54, 1.807) is 25.1 Å². The van der Waals surface area contributed by atoms with Crippen molar-refractivity contribution in [1.82, 2.24) is 0 Å². The molecule has 0 bridgehead atoms. The second-order valence-corrected chi connectivity index (χ2v) is 6.32. The average Bonchev–Trinajstić information content (AvgIpc) is 2.24. The molecule has 1 aromatic rings. The molecule has 0 unspecified atom stereocenters. The molecule has 1 rings (SSSR count). The summed E-state index contributed by atoms with van der Waals surface area (Å²) in [4.78, 5) is 11.1. The highest BCUT2D eigenvalue weighted by Crippen LogP contribution is 2.17. The minimum absolute atomic E-state index is 0.110.